The summed E-state index contributed by atoms with van der Waals surface area (Å²) in [6.45, 7) is 4.35. The van der Waals surface area contributed by atoms with Gasteiger partial charge >= 0.3 is 6.03 Å². The predicted octanol–water partition coefficient (Wildman–Crippen LogP) is 4.26. The Morgan fingerprint density at radius 3 is 2.21 bits per heavy atom. The number of carbonyl (C=O) groups excluding carboxylic acids is 2. The summed E-state index contributed by atoms with van der Waals surface area (Å²) in [5.74, 6) is 0.564. The summed E-state index contributed by atoms with van der Waals surface area (Å²) < 4.78 is 5.45. The molecule has 0 aliphatic heterocycles. The zero-order valence-electron chi connectivity index (χ0n) is 15.5. The van der Waals surface area contributed by atoms with E-state index in [1.54, 1.807) is 24.3 Å². The first-order chi connectivity index (χ1) is 13.5. The molecule has 0 fully saturated rings. The van der Waals surface area contributed by atoms with Gasteiger partial charge in [-0.2, -0.15) is 0 Å². The second-order valence-electron chi connectivity index (χ2n) is 5.91. The second kappa shape index (κ2) is 8.53. The standard InChI is InChI=1S/C20H20N4O3S/c1-3-27-16-10-4-13(5-11-16)19-22-12(2)17(28-19)18(25)23-14-6-8-15(9-7-14)24-20(21)26/h4-11H,3H2,1-2H3,(H,23,25)(H3,21,24,26). The molecule has 0 aliphatic rings. The number of nitrogens with two attached hydrogens (primary N) is 1. The van der Waals surface area contributed by atoms with Crippen molar-refractivity contribution >= 4 is 34.6 Å². The highest BCUT2D eigenvalue weighted by Gasteiger charge is 2.16. The Kier molecular flexibility index (Phi) is 5.90. The molecule has 0 bridgehead atoms. The quantitative estimate of drug-likeness (QED) is 0.579. The number of primary amides is 1. The number of hydrogen-bond donors (Lipinski definition) is 3. The van der Waals surface area contributed by atoms with Gasteiger partial charge < -0.3 is 21.1 Å². The highest BCUT2D eigenvalue weighted by Crippen LogP contribution is 2.30. The first-order valence-corrected chi connectivity index (χ1v) is 9.46. The maximum atomic E-state index is 12.6. The van der Waals surface area contributed by atoms with Gasteiger partial charge in [0, 0.05) is 16.9 Å². The van der Waals surface area contributed by atoms with Crippen molar-refractivity contribution in [3.05, 3.63) is 59.1 Å². The average Bonchev–Trinajstić information content (AvgIpc) is 3.06. The third-order valence-electron chi connectivity index (χ3n) is 3.83. The van der Waals surface area contributed by atoms with E-state index in [4.69, 9.17) is 10.5 Å². The summed E-state index contributed by atoms with van der Waals surface area (Å²) >= 11 is 1.33. The maximum absolute atomic E-state index is 12.6. The van der Waals surface area contributed by atoms with Crippen LogP contribution >= 0.6 is 11.3 Å². The lowest BCUT2D eigenvalue weighted by Crippen LogP contribution is -2.19. The molecule has 0 unspecified atom stereocenters. The monoisotopic (exact) mass is 396 g/mol. The van der Waals surface area contributed by atoms with E-state index in [9.17, 15) is 9.59 Å². The molecule has 0 spiro atoms. The van der Waals surface area contributed by atoms with Gasteiger partial charge in [0.25, 0.3) is 5.91 Å². The number of rotatable bonds is 6. The van der Waals surface area contributed by atoms with Gasteiger partial charge in [0.1, 0.15) is 15.6 Å². The smallest absolute Gasteiger partial charge is 0.316 e. The van der Waals surface area contributed by atoms with Gasteiger partial charge in [0.15, 0.2) is 0 Å². The van der Waals surface area contributed by atoms with E-state index in [-0.39, 0.29) is 5.91 Å². The van der Waals surface area contributed by atoms with E-state index >= 15 is 0 Å². The Balaban J connectivity index is 1.73. The minimum Gasteiger partial charge on any atom is -0.494 e. The number of hydrogen-bond acceptors (Lipinski definition) is 5. The van der Waals surface area contributed by atoms with Crippen LogP contribution in [0.4, 0.5) is 16.2 Å². The number of nitrogens with one attached hydrogen (secondary N) is 2. The van der Waals surface area contributed by atoms with Gasteiger partial charge in [-0.05, 0) is 62.4 Å². The topological polar surface area (TPSA) is 106 Å². The van der Waals surface area contributed by atoms with E-state index in [0.29, 0.717) is 28.6 Å². The second-order valence-corrected chi connectivity index (χ2v) is 6.91. The number of amides is 3. The van der Waals surface area contributed by atoms with E-state index in [1.165, 1.54) is 11.3 Å². The fraction of sp³-hybridized carbons (Fsp3) is 0.150. The lowest BCUT2D eigenvalue weighted by molar-refractivity contribution is 0.102. The molecule has 0 radical (unpaired) electrons. The third-order valence-corrected chi connectivity index (χ3v) is 5.03. The molecule has 2 aromatic carbocycles. The molecule has 3 aromatic rings. The lowest BCUT2D eigenvalue weighted by Gasteiger charge is -2.06. The molecular formula is C20H20N4O3S. The van der Waals surface area contributed by atoms with Crippen molar-refractivity contribution in [1.29, 1.82) is 0 Å². The maximum Gasteiger partial charge on any atom is 0.316 e. The van der Waals surface area contributed by atoms with E-state index < -0.39 is 6.03 Å². The van der Waals surface area contributed by atoms with Crippen molar-refractivity contribution in [3.63, 3.8) is 0 Å². The average molecular weight is 396 g/mol. The number of benzene rings is 2. The van der Waals surface area contributed by atoms with Crippen molar-refractivity contribution in [2.45, 2.75) is 13.8 Å². The van der Waals surface area contributed by atoms with Crippen LogP contribution < -0.4 is 21.1 Å². The normalized spacial score (nSPS) is 10.4. The van der Waals surface area contributed by atoms with Gasteiger partial charge in [-0.1, -0.05) is 0 Å². The number of anilines is 2. The number of aryl methyl sites for hydroxylation is 1. The molecule has 0 aliphatic carbocycles. The molecule has 0 saturated carbocycles. The van der Waals surface area contributed by atoms with Gasteiger partial charge in [-0.25, -0.2) is 9.78 Å². The molecule has 8 heteroatoms. The van der Waals surface area contributed by atoms with Crippen molar-refractivity contribution < 1.29 is 14.3 Å². The fourth-order valence-corrected chi connectivity index (χ4v) is 3.52. The Hall–Kier alpha value is -3.39. The molecular weight excluding hydrogens is 376 g/mol. The van der Waals surface area contributed by atoms with Gasteiger partial charge in [-0.3, -0.25) is 4.79 Å². The number of thiazole rings is 1. The van der Waals surface area contributed by atoms with E-state index in [2.05, 4.69) is 15.6 Å². The molecule has 3 rings (SSSR count). The number of urea groups is 1. The minimum absolute atomic E-state index is 0.234. The van der Waals surface area contributed by atoms with Crippen molar-refractivity contribution in [1.82, 2.24) is 4.98 Å². The SMILES string of the molecule is CCOc1ccc(-c2nc(C)c(C(=O)Nc3ccc(NC(N)=O)cc3)s2)cc1. The Morgan fingerprint density at radius 1 is 1.04 bits per heavy atom. The van der Waals surface area contributed by atoms with Crippen molar-refractivity contribution in [3.8, 4) is 16.3 Å². The van der Waals surface area contributed by atoms with Crippen LogP contribution in [0.3, 0.4) is 0 Å². The van der Waals surface area contributed by atoms with Gasteiger partial charge in [0.2, 0.25) is 0 Å². The van der Waals surface area contributed by atoms with Crippen LogP contribution in [-0.2, 0) is 0 Å². The number of aromatic nitrogens is 1. The predicted molar refractivity (Wildman–Crippen MR) is 111 cm³/mol. The van der Waals surface area contributed by atoms with Gasteiger partial charge in [0.05, 0.1) is 12.3 Å². The highest BCUT2D eigenvalue weighted by atomic mass is 32.1. The molecule has 0 atom stereocenters. The van der Waals surface area contributed by atoms with Crippen LogP contribution in [0.15, 0.2) is 48.5 Å². The van der Waals surface area contributed by atoms with Crippen molar-refractivity contribution in [2.75, 3.05) is 17.2 Å². The van der Waals surface area contributed by atoms with Crippen LogP contribution in [0.5, 0.6) is 5.75 Å². The van der Waals surface area contributed by atoms with Crippen LogP contribution in [0.25, 0.3) is 10.6 Å². The third kappa shape index (κ3) is 4.66. The number of carbonyl (C=O) groups is 2. The van der Waals surface area contributed by atoms with E-state index in [1.807, 2.05) is 38.1 Å². The van der Waals surface area contributed by atoms with Crippen LogP contribution in [0.2, 0.25) is 0 Å². The van der Waals surface area contributed by atoms with Gasteiger partial charge in [-0.15, -0.1) is 11.3 Å². The molecule has 0 saturated heterocycles. The molecule has 144 valence electrons. The number of ether oxygens (including phenoxy) is 1. The fourth-order valence-electron chi connectivity index (χ4n) is 2.56. The summed E-state index contributed by atoms with van der Waals surface area (Å²) in [7, 11) is 0. The highest BCUT2D eigenvalue weighted by molar-refractivity contribution is 7.17. The summed E-state index contributed by atoms with van der Waals surface area (Å²) in [5.41, 5.74) is 7.83. The molecule has 1 aromatic heterocycles. The first kappa shape index (κ1) is 19.4. The Morgan fingerprint density at radius 2 is 1.64 bits per heavy atom. The van der Waals surface area contributed by atoms with Crippen molar-refractivity contribution in [2.24, 2.45) is 5.73 Å². The summed E-state index contributed by atoms with van der Waals surface area (Å²) in [5, 5.41) is 6.08. The summed E-state index contributed by atoms with van der Waals surface area (Å²) in [6.07, 6.45) is 0. The number of nitrogens with zero attached hydrogens (tertiary/aromatic N) is 1. The van der Waals surface area contributed by atoms with Crippen LogP contribution in [0.1, 0.15) is 22.3 Å². The zero-order valence-corrected chi connectivity index (χ0v) is 16.3. The van der Waals surface area contributed by atoms with E-state index in [0.717, 1.165) is 16.3 Å². The molecule has 7 nitrogen and oxygen atoms in total. The Labute approximate surface area is 166 Å². The molecule has 1 heterocycles. The first-order valence-electron chi connectivity index (χ1n) is 8.65. The largest absolute Gasteiger partial charge is 0.494 e. The Bertz CT molecular complexity index is 982. The molecule has 4 N–H and O–H groups in total. The zero-order chi connectivity index (χ0) is 20.1. The van der Waals surface area contributed by atoms with Crippen LogP contribution in [-0.4, -0.2) is 23.5 Å². The molecule has 28 heavy (non-hydrogen) atoms. The summed E-state index contributed by atoms with van der Waals surface area (Å²) in [4.78, 5) is 28.6. The molecule has 3 amide bonds. The lowest BCUT2D eigenvalue weighted by atomic mass is 10.2. The van der Waals surface area contributed by atoms with Crippen LogP contribution in [0, 0.1) is 6.92 Å². The minimum atomic E-state index is -0.640. The summed E-state index contributed by atoms with van der Waals surface area (Å²) in [6, 6.07) is 13.7.